The van der Waals surface area contributed by atoms with Crippen LogP contribution in [0.25, 0.3) is 0 Å². The molecule has 0 saturated heterocycles. The van der Waals surface area contributed by atoms with E-state index in [9.17, 15) is 4.79 Å². The van der Waals surface area contributed by atoms with Gasteiger partial charge in [0, 0.05) is 6.54 Å². The summed E-state index contributed by atoms with van der Waals surface area (Å²) in [5.41, 5.74) is 7.26. The Morgan fingerprint density at radius 3 is 2.62 bits per heavy atom. The zero-order valence-electron chi connectivity index (χ0n) is 14.4. The van der Waals surface area contributed by atoms with Crippen molar-refractivity contribution in [1.29, 1.82) is 0 Å². The molecular formula is C17H26N6O. The van der Waals surface area contributed by atoms with Gasteiger partial charge in [-0.05, 0) is 31.6 Å². The lowest BCUT2D eigenvalue weighted by Crippen LogP contribution is -2.30. The van der Waals surface area contributed by atoms with Gasteiger partial charge in [0.15, 0.2) is 11.5 Å². The summed E-state index contributed by atoms with van der Waals surface area (Å²) in [7, 11) is 0. The average molecular weight is 330 g/mol. The monoisotopic (exact) mass is 330 g/mol. The summed E-state index contributed by atoms with van der Waals surface area (Å²) in [5.74, 6) is 0.0199. The van der Waals surface area contributed by atoms with E-state index in [1.54, 1.807) is 4.68 Å². The summed E-state index contributed by atoms with van der Waals surface area (Å²) in [6.07, 6.45) is 0.894. The van der Waals surface area contributed by atoms with Crippen molar-refractivity contribution < 1.29 is 4.79 Å². The first kappa shape index (κ1) is 17.9. The van der Waals surface area contributed by atoms with Crippen molar-refractivity contribution in [2.75, 3.05) is 31.9 Å². The van der Waals surface area contributed by atoms with Crippen molar-refractivity contribution in [3.63, 3.8) is 0 Å². The first-order chi connectivity index (χ1) is 11.7. The summed E-state index contributed by atoms with van der Waals surface area (Å²) in [6.45, 7) is 8.36. The number of nitrogens with zero attached hydrogens (tertiary/aromatic N) is 4. The van der Waals surface area contributed by atoms with E-state index in [0.717, 1.165) is 31.6 Å². The highest BCUT2D eigenvalue weighted by Crippen LogP contribution is 2.10. The van der Waals surface area contributed by atoms with E-state index in [2.05, 4.69) is 34.4 Å². The molecule has 0 spiro atoms. The number of nitrogen functional groups attached to an aromatic ring is 1. The molecule has 0 aliphatic carbocycles. The molecule has 24 heavy (non-hydrogen) atoms. The third kappa shape index (κ3) is 4.79. The summed E-state index contributed by atoms with van der Waals surface area (Å²) in [5, 5.41) is 10.8. The molecule has 1 heterocycles. The Balaban J connectivity index is 1.87. The molecule has 2 rings (SSSR count). The summed E-state index contributed by atoms with van der Waals surface area (Å²) in [6, 6.07) is 9.81. The highest BCUT2D eigenvalue weighted by Gasteiger charge is 2.17. The predicted molar refractivity (Wildman–Crippen MR) is 94.7 cm³/mol. The molecule has 130 valence electrons. The Morgan fingerprint density at radius 2 is 1.96 bits per heavy atom. The molecule has 0 radical (unpaired) electrons. The van der Waals surface area contributed by atoms with E-state index in [0.29, 0.717) is 18.9 Å². The van der Waals surface area contributed by atoms with Gasteiger partial charge in [-0.1, -0.05) is 49.4 Å². The summed E-state index contributed by atoms with van der Waals surface area (Å²) >= 11 is 0. The van der Waals surface area contributed by atoms with Crippen LogP contribution in [-0.2, 0) is 6.54 Å². The molecule has 0 bridgehead atoms. The maximum absolute atomic E-state index is 12.2. The van der Waals surface area contributed by atoms with E-state index >= 15 is 0 Å². The highest BCUT2D eigenvalue weighted by molar-refractivity contribution is 5.96. The fourth-order valence-corrected chi connectivity index (χ4v) is 2.48. The number of anilines is 1. The van der Waals surface area contributed by atoms with E-state index in [1.807, 2.05) is 30.3 Å². The third-order valence-electron chi connectivity index (χ3n) is 3.99. The Kier molecular flexibility index (Phi) is 6.74. The SMILES string of the molecule is CCN(CC)CCCNC(=O)c1nnn(Cc2ccccc2)c1N. The molecule has 0 fully saturated rings. The number of nitrogens with one attached hydrogen (secondary N) is 1. The lowest BCUT2D eigenvalue weighted by Gasteiger charge is -2.17. The molecule has 0 unspecified atom stereocenters. The number of rotatable bonds is 9. The van der Waals surface area contributed by atoms with Crippen molar-refractivity contribution in [2.45, 2.75) is 26.8 Å². The van der Waals surface area contributed by atoms with Gasteiger partial charge in [-0.15, -0.1) is 5.10 Å². The molecule has 1 amide bonds. The quantitative estimate of drug-likeness (QED) is 0.678. The number of carbonyl (C=O) groups excluding carboxylic acids is 1. The normalized spacial score (nSPS) is 11.0. The molecule has 7 heteroatoms. The lowest BCUT2D eigenvalue weighted by molar-refractivity contribution is 0.0947. The second-order valence-electron chi connectivity index (χ2n) is 5.60. The number of hydrogen-bond acceptors (Lipinski definition) is 5. The van der Waals surface area contributed by atoms with Gasteiger partial charge in [0.25, 0.3) is 5.91 Å². The van der Waals surface area contributed by atoms with Gasteiger partial charge in [-0.2, -0.15) is 0 Å². The zero-order valence-corrected chi connectivity index (χ0v) is 14.4. The Bertz CT molecular complexity index is 636. The zero-order chi connectivity index (χ0) is 17.4. The van der Waals surface area contributed by atoms with Crippen molar-refractivity contribution in [2.24, 2.45) is 0 Å². The maximum Gasteiger partial charge on any atom is 0.275 e. The van der Waals surface area contributed by atoms with Crippen molar-refractivity contribution >= 4 is 11.7 Å². The largest absolute Gasteiger partial charge is 0.382 e. The molecule has 3 N–H and O–H groups in total. The highest BCUT2D eigenvalue weighted by atomic mass is 16.2. The fraction of sp³-hybridized carbons (Fsp3) is 0.471. The van der Waals surface area contributed by atoms with E-state index in [4.69, 9.17) is 5.73 Å². The molecule has 2 aromatic rings. The lowest BCUT2D eigenvalue weighted by atomic mass is 10.2. The van der Waals surface area contributed by atoms with Gasteiger partial charge in [-0.3, -0.25) is 4.79 Å². The first-order valence-electron chi connectivity index (χ1n) is 8.39. The molecule has 0 atom stereocenters. The Hall–Kier alpha value is -2.41. The number of aromatic nitrogens is 3. The van der Waals surface area contributed by atoms with Crippen molar-refractivity contribution in [1.82, 2.24) is 25.2 Å². The molecular weight excluding hydrogens is 304 g/mol. The van der Waals surface area contributed by atoms with Gasteiger partial charge in [0.05, 0.1) is 6.54 Å². The minimum absolute atomic E-state index is 0.189. The van der Waals surface area contributed by atoms with Gasteiger partial charge < -0.3 is 16.0 Å². The van der Waals surface area contributed by atoms with Gasteiger partial charge in [0.2, 0.25) is 0 Å². The average Bonchev–Trinajstić information content (AvgIpc) is 2.96. The Labute approximate surface area is 142 Å². The topological polar surface area (TPSA) is 89.1 Å². The van der Waals surface area contributed by atoms with E-state index in [1.165, 1.54) is 0 Å². The minimum atomic E-state index is -0.272. The second-order valence-corrected chi connectivity index (χ2v) is 5.60. The third-order valence-corrected chi connectivity index (χ3v) is 3.99. The van der Waals surface area contributed by atoms with Crippen LogP contribution in [0.1, 0.15) is 36.3 Å². The van der Waals surface area contributed by atoms with Crippen LogP contribution in [-0.4, -0.2) is 52.0 Å². The van der Waals surface area contributed by atoms with Gasteiger partial charge in [-0.25, -0.2) is 4.68 Å². The van der Waals surface area contributed by atoms with Crippen LogP contribution in [0.5, 0.6) is 0 Å². The smallest absolute Gasteiger partial charge is 0.275 e. The van der Waals surface area contributed by atoms with Crippen LogP contribution in [0.15, 0.2) is 30.3 Å². The van der Waals surface area contributed by atoms with Gasteiger partial charge in [0.1, 0.15) is 0 Å². The first-order valence-corrected chi connectivity index (χ1v) is 8.39. The number of benzene rings is 1. The summed E-state index contributed by atoms with van der Waals surface area (Å²) in [4.78, 5) is 14.5. The molecule has 0 aliphatic heterocycles. The van der Waals surface area contributed by atoms with Crippen LogP contribution >= 0.6 is 0 Å². The fourth-order valence-electron chi connectivity index (χ4n) is 2.48. The molecule has 1 aromatic heterocycles. The van der Waals surface area contributed by atoms with Crippen LogP contribution in [0.4, 0.5) is 5.82 Å². The molecule has 1 aromatic carbocycles. The standard InChI is InChI=1S/C17H26N6O/c1-3-22(4-2)12-8-11-19-17(24)15-16(18)23(21-20-15)13-14-9-6-5-7-10-14/h5-7,9-10H,3-4,8,11-13,18H2,1-2H3,(H,19,24). The second kappa shape index (κ2) is 9.02. The van der Waals surface area contributed by atoms with Crippen LogP contribution < -0.4 is 11.1 Å². The van der Waals surface area contributed by atoms with Crippen molar-refractivity contribution in [3.05, 3.63) is 41.6 Å². The van der Waals surface area contributed by atoms with Crippen molar-refractivity contribution in [3.8, 4) is 0 Å². The predicted octanol–water partition coefficient (Wildman–Crippen LogP) is 1.37. The number of nitrogens with two attached hydrogens (primary N) is 1. The molecule has 7 nitrogen and oxygen atoms in total. The molecule has 0 aliphatic rings. The summed E-state index contributed by atoms with van der Waals surface area (Å²) < 4.78 is 1.54. The van der Waals surface area contributed by atoms with E-state index in [-0.39, 0.29) is 11.6 Å². The van der Waals surface area contributed by atoms with Crippen LogP contribution in [0, 0.1) is 0 Å². The minimum Gasteiger partial charge on any atom is -0.382 e. The van der Waals surface area contributed by atoms with E-state index < -0.39 is 0 Å². The number of hydrogen-bond donors (Lipinski definition) is 2. The Morgan fingerprint density at radius 1 is 1.25 bits per heavy atom. The maximum atomic E-state index is 12.2. The molecule has 0 saturated carbocycles. The van der Waals surface area contributed by atoms with Crippen LogP contribution in [0.3, 0.4) is 0 Å². The number of carbonyl (C=O) groups is 1. The number of amides is 1. The van der Waals surface area contributed by atoms with Gasteiger partial charge >= 0.3 is 0 Å². The van der Waals surface area contributed by atoms with Crippen LogP contribution in [0.2, 0.25) is 0 Å².